The summed E-state index contributed by atoms with van der Waals surface area (Å²) in [4.78, 5) is 12.5. The lowest BCUT2D eigenvalue weighted by Gasteiger charge is -2.57. The third kappa shape index (κ3) is 2.96. The fraction of sp³-hybridized carbons (Fsp3) is 0.929. The van der Waals surface area contributed by atoms with Crippen LogP contribution >= 0.6 is 0 Å². The fourth-order valence-corrected chi connectivity index (χ4v) is 4.91. The van der Waals surface area contributed by atoms with Crippen molar-refractivity contribution in [2.24, 2.45) is 11.1 Å². The van der Waals surface area contributed by atoms with Crippen molar-refractivity contribution in [2.45, 2.75) is 57.7 Å². The molecular formula is C14H26N2O4S. The van der Waals surface area contributed by atoms with Crippen LogP contribution in [0.2, 0.25) is 0 Å². The normalized spacial score (nSPS) is 37.5. The summed E-state index contributed by atoms with van der Waals surface area (Å²) < 4.78 is 28.9. The molecule has 2 aliphatic rings. The number of sulfone groups is 1. The lowest BCUT2D eigenvalue weighted by atomic mass is 9.54. The monoisotopic (exact) mass is 318 g/mol. The van der Waals surface area contributed by atoms with Crippen molar-refractivity contribution in [3.05, 3.63) is 0 Å². The molecule has 0 radical (unpaired) electrons. The molecule has 3 unspecified atom stereocenters. The highest BCUT2D eigenvalue weighted by Gasteiger charge is 2.63. The van der Waals surface area contributed by atoms with Gasteiger partial charge in [-0.15, -0.1) is 0 Å². The smallest absolute Gasteiger partial charge is 0.241 e. The van der Waals surface area contributed by atoms with E-state index in [2.05, 4.69) is 5.32 Å². The number of carbonyl (C=O) groups is 1. The minimum absolute atomic E-state index is 0.0180. The third-order valence-corrected chi connectivity index (χ3v) is 6.85. The molecule has 0 aromatic heterocycles. The number of hydrogen-bond donors (Lipinski definition) is 2. The van der Waals surface area contributed by atoms with E-state index < -0.39 is 20.8 Å². The first-order valence-electron chi connectivity index (χ1n) is 7.54. The van der Waals surface area contributed by atoms with Crippen LogP contribution in [0.25, 0.3) is 0 Å². The molecule has 2 rings (SSSR count). The molecule has 21 heavy (non-hydrogen) atoms. The molecule has 1 amide bonds. The van der Waals surface area contributed by atoms with Gasteiger partial charge in [-0.2, -0.15) is 0 Å². The molecule has 1 saturated heterocycles. The highest BCUT2D eigenvalue weighted by Crippen LogP contribution is 2.49. The molecule has 7 heteroatoms. The predicted octanol–water partition coefficient (Wildman–Crippen LogP) is 0.212. The summed E-state index contributed by atoms with van der Waals surface area (Å²) in [5.41, 5.74) is 4.84. The zero-order valence-electron chi connectivity index (χ0n) is 13.0. The Labute approximate surface area is 126 Å². The second-order valence-corrected chi connectivity index (χ2v) is 9.00. The summed E-state index contributed by atoms with van der Waals surface area (Å²) in [6, 6.07) is -0.321. The predicted molar refractivity (Wildman–Crippen MR) is 80.5 cm³/mol. The van der Waals surface area contributed by atoms with E-state index >= 15 is 0 Å². The molecule has 1 saturated carbocycles. The van der Waals surface area contributed by atoms with Gasteiger partial charge in [0, 0.05) is 24.5 Å². The van der Waals surface area contributed by atoms with Crippen LogP contribution in [0.1, 0.15) is 40.0 Å². The summed E-state index contributed by atoms with van der Waals surface area (Å²) in [6.07, 6.45) is 1.72. The topological polar surface area (TPSA) is 98.5 Å². The van der Waals surface area contributed by atoms with E-state index in [1.807, 2.05) is 20.8 Å². The summed E-state index contributed by atoms with van der Waals surface area (Å²) in [5, 5.41) is 2.84. The Morgan fingerprint density at radius 1 is 1.43 bits per heavy atom. The zero-order chi connectivity index (χ0) is 15.9. The van der Waals surface area contributed by atoms with Crippen LogP contribution in [-0.2, 0) is 19.4 Å². The molecule has 0 aromatic carbocycles. The number of amides is 1. The quantitative estimate of drug-likeness (QED) is 0.772. The highest BCUT2D eigenvalue weighted by atomic mass is 32.2. The third-order valence-electron chi connectivity index (χ3n) is 5.03. The fourth-order valence-electron chi connectivity index (χ4n) is 3.27. The van der Waals surface area contributed by atoms with Crippen molar-refractivity contribution in [1.82, 2.24) is 5.32 Å². The molecule has 0 spiro atoms. The summed E-state index contributed by atoms with van der Waals surface area (Å²) in [5.74, 6) is -0.0274. The van der Waals surface area contributed by atoms with E-state index in [1.165, 1.54) is 0 Å². The molecule has 6 nitrogen and oxygen atoms in total. The number of rotatable bonds is 4. The number of hydrogen-bond acceptors (Lipinski definition) is 5. The van der Waals surface area contributed by atoms with E-state index in [9.17, 15) is 13.2 Å². The molecular weight excluding hydrogens is 292 g/mol. The summed E-state index contributed by atoms with van der Waals surface area (Å²) in [6.45, 7) is 6.36. The van der Waals surface area contributed by atoms with Crippen LogP contribution in [0.15, 0.2) is 0 Å². The minimum atomic E-state index is -3.04. The lowest BCUT2D eigenvalue weighted by Crippen LogP contribution is -2.76. The first-order chi connectivity index (χ1) is 9.62. The zero-order valence-corrected chi connectivity index (χ0v) is 13.8. The van der Waals surface area contributed by atoms with Gasteiger partial charge in [-0.05, 0) is 19.8 Å². The Balaban J connectivity index is 2.01. The van der Waals surface area contributed by atoms with Crippen molar-refractivity contribution in [3.8, 4) is 0 Å². The van der Waals surface area contributed by atoms with Crippen LogP contribution in [0, 0.1) is 5.41 Å². The number of nitrogens with two attached hydrogens (primary N) is 1. The molecule has 0 aromatic rings. The van der Waals surface area contributed by atoms with Crippen molar-refractivity contribution in [3.63, 3.8) is 0 Å². The van der Waals surface area contributed by atoms with E-state index in [4.69, 9.17) is 10.5 Å². The van der Waals surface area contributed by atoms with Gasteiger partial charge < -0.3 is 15.8 Å². The van der Waals surface area contributed by atoms with E-state index in [0.29, 0.717) is 25.9 Å². The van der Waals surface area contributed by atoms with Gasteiger partial charge in [-0.1, -0.05) is 13.8 Å². The largest absolute Gasteiger partial charge is 0.378 e. The Bertz CT molecular complexity index is 517. The van der Waals surface area contributed by atoms with Gasteiger partial charge in [0.05, 0.1) is 17.6 Å². The average molecular weight is 318 g/mol. The van der Waals surface area contributed by atoms with Gasteiger partial charge in [0.1, 0.15) is 5.54 Å². The van der Waals surface area contributed by atoms with E-state index in [1.54, 1.807) is 0 Å². The molecule has 3 atom stereocenters. The molecule has 1 aliphatic carbocycles. The average Bonchev–Trinajstić information content (AvgIpc) is 2.37. The van der Waals surface area contributed by atoms with Gasteiger partial charge in [-0.25, -0.2) is 8.42 Å². The van der Waals surface area contributed by atoms with Gasteiger partial charge >= 0.3 is 0 Å². The maximum atomic E-state index is 12.5. The highest BCUT2D eigenvalue weighted by molar-refractivity contribution is 7.91. The number of ether oxygens (including phenoxy) is 1. The first kappa shape index (κ1) is 16.7. The van der Waals surface area contributed by atoms with Crippen molar-refractivity contribution >= 4 is 15.7 Å². The molecule has 0 bridgehead atoms. The summed E-state index contributed by atoms with van der Waals surface area (Å²) >= 11 is 0. The molecule has 1 heterocycles. The number of carbonyl (C=O) groups excluding carboxylic acids is 1. The Morgan fingerprint density at radius 3 is 2.62 bits per heavy atom. The van der Waals surface area contributed by atoms with Gasteiger partial charge in [0.15, 0.2) is 9.84 Å². The van der Waals surface area contributed by atoms with E-state index in [0.717, 1.165) is 0 Å². The minimum Gasteiger partial charge on any atom is -0.378 e. The van der Waals surface area contributed by atoms with Crippen molar-refractivity contribution < 1.29 is 17.9 Å². The van der Waals surface area contributed by atoms with Crippen LogP contribution in [-0.4, -0.2) is 50.1 Å². The maximum absolute atomic E-state index is 12.5. The molecule has 3 N–H and O–H groups in total. The first-order valence-corrected chi connectivity index (χ1v) is 9.36. The SMILES string of the molecule is CCOC1CC(N)(C(=O)NC2CCCS(=O)(=O)C2)C1(C)C. The van der Waals surface area contributed by atoms with Gasteiger partial charge in [-0.3, -0.25) is 4.79 Å². The molecule has 2 fully saturated rings. The van der Waals surface area contributed by atoms with Gasteiger partial charge in [0.25, 0.3) is 0 Å². The molecule has 122 valence electrons. The Morgan fingerprint density at radius 2 is 2.10 bits per heavy atom. The van der Waals surface area contributed by atoms with Crippen molar-refractivity contribution in [2.75, 3.05) is 18.1 Å². The van der Waals surface area contributed by atoms with Crippen LogP contribution < -0.4 is 11.1 Å². The van der Waals surface area contributed by atoms with Gasteiger partial charge in [0.2, 0.25) is 5.91 Å². The van der Waals surface area contributed by atoms with Crippen LogP contribution in [0.3, 0.4) is 0 Å². The number of nitrogens with one attached hydrogen (secondary N) is 1. The van der Waals surface area contributed by atoms with Crippen LogP contribution in [0.4, 0.5) is 0 Å². The Kier molecular flexibility index (Phi) is 4.39. The maximum Gasteiger partial charge on any atom is 0.241 e. The standard InChI is InChI=1S/C14H26N2O4S/c1-4-20-11-8-14(15,13(11,2)3)12(17)16-10-6-5-7-21(18,19)9-10/h10-11H,4-9,15H2,1-3H3,(H,16,17). The Hall–Kier alpha value is -0.660. The molecule has 1 aliphatic heterocycles. The van der Waals surface area contributed by atoms with Crippen molar-refractivity contribution in [1.29, 1.82) is 0 Å². The van der Waals surface area contributed by atoms with Crippen LogP contribution in [0.5, 0.6) is 0 Å². The lowest BCUT2D eigenvalue weighted by molar-refractivity contribution is -0.171. The second-order valence-electron chi connectivity index (χ2n) is 6.77. The van der Waals surface area contributed by atoms with E-state index in [-0.39, 0.29) is 29.6 Å². The summed E-state index contributed by atoms with van der Waals surface area (Å²) in [7, 11) is -3.04. The second kappa shape index (κ2) is 5.52.